The zero-order chi connectivity index (χ0) is 21.1. The molecule has 0 aliphatic carbocycles. The first-order chi connectivity index (χ1) is 14.5. The molecule has 2 atom stereocenters. The number of nitrogens with zero attached hydrogens (tertiary/aromatic N) is 2. The molecule has 2 amide bonds. The summed E-state index contributed by atoms with van der Waals surface area (Å²) in [6.07, 6.45) is 3.42. The van der Waals surface area contributed by atoms with E-state index in [0.717, 1.165) is 53.6 Å². The standard InChI is InChI=1S/C24H26N4O2/c1-28-15-19-13-18(9-10-21(19)24(28)30)17-7-5-16(6-8-17)12-20(14-25)27-23(29)22-4-2-3-11-26-22/h5-10,13,20,22,26H,2-4,11-12,15H2,1H3,(H,27,29)/t20-,22-/m0/s1. The SMILES string of the molecule is CN1Cc2cc(-c3ccc(C[C@@H](C#N)NC(=O)[C@@H]4CCCCN4)cc3)ccc2C1=O. The van der Waals surface area contributed by atoms with Gasteiger partial charge in [-0.05, 0) is 53.8 Å². The van der Waals surface area contributed by atoms with E-state index in [1.54, 1.807) is 4.90 Å². The van der Waals surface area contributed by atoms with E-state index in [2.05, 4.69) is 22.8 Å². The number of hydrogen-bond donors (Lipinski definition) is 2. The summed E-state index contributed by atoms with van der Waals surface area (Å²) in [5.74, 6) is -0.0181. The highest BCUT2D eigenvalue weighted by molar-refractivity contribution is 5.98. The van der Waals surface area contributed by atoms with Crippen molar-refractivity contribution in [2.75, 3.05) is 13.6 Å². The minimum atomic E-state index is -0.548. The van der Waals surface area contributed by atoms with Gasteiger partial charge in [0.15, 0.2) is 0 Å². The molecule has 2 aromatic carbocycles. The molecule has 0 aromatic heterocycles. The Bertz CT molecular complexity index is 987. The third kappa shape index (κ3) is 4.22. The van der Waals surface area contributed by atoms with Crippen LogP contribution in [0, 0.1) is 11.3 Å². The molecule has 0 bridgehead atoms. The van der Waals surface area contributed by atoms with Crippen LogP contribution in [0.1, 0.15) is 40.7 Å². The predicted octanol–water partition coefficient (Wildman–Crippen LogP) is 2.63. The lowest BCUT2D eigenvalue weighted by molar-refractivity contribution is -0.124. The number of benzene rings is 2. The molecule has 6 nitrogen and oxygen atoms in total. The second-order valence-corrected chi connectivity index (χ2v) is 8.13. The number of fused-ring (bicyclic) bond motifs is 1. The van der Waals surface area contributed by atoms with E-state index in [4.69, 9.17) is 0 Å². The van der Waals surface area contributed by atoms with Gasteiger partial charge in [-0.15, -0.1) is 0 Å². The minimum Gasteiger partial charge on any atom is -0.339 e. The largest absolute Gasteiger partial charge is 0.339 e. The van der Waals surface area contributed by atoms with E-state index in [0.29, 0.717) is 13.0 Å². The first-order valence-electron chi connectivity index (χ1n) is 10.5. The van der Waals surface area contributed by atoms with Crippen molar-refractivity contribution in [1.82, 2.24) is 15.5 Å². The van der Waals surface area contributed by atoms with Crippen LogP contribution in [0.3, 0.4) is 0 Å². The van der Waals surface area contributed by atoms with E-state index in [1.165, 1.54) is 0 Å². The summed E-state index contributed by atoms with van der Waals surface area (Å²) < 4.78 is 0. The molecule has 2 aliphatic rings. The Morgan fingerprint density at radius 3 is 2.70 bits per heavy atom. The zero-order valence-electron chi connectivity index (χ0n) is 17.1. The third-order valence-electron chi connectivity index (χ3n) is 5.92. The van der Waals surface area contributed by atoms with Crippen LogP contribution in [0.25, 0.3) is 11.1 Å². The van der Waals surface area contributed by atoms with Gasteiger partial charge in [0.25, 0.3) is 5.91 Å². The Balaban J connectivity index is 1.41. The Morgan fingerprint density at radius 1 is 1.23 bits per heavy atom. The summed E-state index contributed by atoms with van der Waals surface area (Å²) in [4.78, 5) is 26.2. The molecule has 0 spiro atoms. The van der Waals surface area contributed by atoms with Gasteiger partial charge in [0.1, 0.15) is 6.04 Å². The number of nitrogens with one attached hydrogen (secondary N) is 2. The number of rotatable bonds is 5. The number of carbonyl (C=O) groups is 2. The molecule has 2 aliphatic heterocycles. The second kappa shape index (κ2) is 8.68. The second-order valence-electron chi connectivity index (χ2n) is 8.13. The highest BCUT2D eigenvalue weighted by atomic mass is 16.2. The molecule has 0 saturated carbocycles. The lowest BCUT2D eigenvalue weighted by Gasteiger charge is -2.23. The van der Waals surface area contributed by atoms with Crippen molar-refractivity contribution in [1.29, 1.82) is 5.26 Å². The molecule has 2 N–H and O–H groups in total. The monoisotopic (exact) mass is 402 g/mol. The average Bonchev–Trinajstić information content (AvgIpc) is 3.07. The third-order valence-corrected chi connectivity index (χ3v) is 5.92. The molecule has 0 unspecified atom stereocenters. The van der Waals surface area contributed by atoms with E-state index in [9.17, 15) is 14.9 Å². The summed E-state index contributed by atoms with van der Waals surface area (Å²) in [7, 11) is 1.81. The van der Waals surface area contributed by atoms with Gasteiger partial charge in [-0.2, -0.15) is 5.26 Å². The van der Waals surface area contributed by atoms with Gasteiger partial charge < -0.3 is 15.5 Å². The van der Waals surface area contributed by atoms with Crippen LogP contribution < -0.4 is 10.6 Å². The fraction of sp³-hybridized carbons (Fsp3) is 0.375. The fourth-order valence-electron chi connectivity index (χ4n) is 4.19. The maximum Gasteiger partial charge on any atom is 0.254 e. The van der Waals surface area contributed by atoms with Gasteiger partial charge in [0.05, 0.1) is 12.1 Å². The summed E-state index contributed by atoms with van der Waals surface area (Å²) in [5.41, 5.74) is 4.95. The number of amides is 2. The lowest BCUT2D eigenvalue weighted by Crippen LogP contribution is -2.49. The van der Waals surface area contributed by atoms with Crippen molar-refractivity contribution >= 4 is 11.8 Å². The predicted molar refractivity (Wildman–Crippen MR) is 115 cm³/mol. The number of carbonyl (C=O) groups excluding carboxylic acids is 2. The van der Waals surface area contributed by atoms with Crippen LogP contribution in [0.5, 0.6) is 0 Å². The Hall–Kier alpha value is -3.17. The normalized spacial score (nSPS) is 19.1. The van der Waals surface area contributed by atoms with E-state index in [1.807, 2.05) is 43.4 Å². The van der Waals surface area contributed by atoms with Crippen LogP contribution in [0.15, 0.2) is 42.5 Å². The summed E-state index contributed by atoms with van der Waals surface area (Å²) in [6.45, 7) is 1.49. The maximum absolute atomic E-state index is 12.4. The zero-order valence-corrected chi connectivity index (χ0v) is 17.1. The quantitative estimate of drug-likeness (QED) is 0.805. The molecule has 0 radical (unpaired) electrons. The lowest BCUT2D eigenvalue weighted by atomic mass is 9.98. The molecule has 4 rings (SSSR count). The van der Waals surface area contributed by atoms with E-state index < -0.39 is 6.04 Å². The van der Waals surface area contributed by atoms with Crippen LogP contribution in [-0.4, -0.2) is 42.4 Å². The van der Waals surface area contributed by atoms with Crippen molar-refractivity contribution in [2.24, 2.45) is 0 Å². The van der Waals surface area contributed by atoms with Gasteiger partial charge in [0, 0.05) is 25.6 Å². The van der Waals surface area contributed by atoms with E-state index >= 15 is 0 Å². The first-order valence-corrected chi connectivity index (χ1v) is 10.5. The Kier molecular flexibility index (Phi) is 5.82. The van der Waals surface area contributed by atoms with Crippen LogP contribution in [-0.2, 0) is 17.8 Å². The molecule has 30 heavy (non-hydrogen) atoms. The molecule has 6 heteroatoms. The smallest absolute Gasteiger partial charge is 0.254 e. The van der Waals surface area contributed by atoms with Crippen LogP contribution in [0.2, 0.25) is 0 Å². The molecule has 2 aromatic rings. The van der Waals surface area contributed by atoms with Gasteiger partial charge in [0.2, 0.25) is 5.91 Å². The molecule has 2 heterocycles. The summed E-state index contributed by atoms with van der Waals surface area (Å²) >= 11 is 0. The molecule has 1 fully saturated rings. The number of piperidine rings is 1. The fourth-order valence-corrected chi connectivity index (χ4v) is 4.19. The summed E-state index contributed by atoms with van der Waals surface area (Å²) in [5, 5.41) is 15.6. The highest BCUT2D eigenvalue weighted by Crippen LogP contribution is 2.28. The van der Waals surface area contributed by atoms with Crippen molar-refractivity contribution in [2.45, 2.75) is 44.3 Å². The van der Waals surface area contributed by atoms with Gasteiger partial charge in [-0.1, -0.05) is 36.8 Å². The Labute approximate surface area is 176 Å². The number of nitriles is 1. The van der Waals surface area contributed by atoms with Crippen molar-refractivity contribution in [3.8, 4) is 17.2 Å². The van der Waals surface area contributed by atoms with Gasteiger partial charge in [-0.25, -0.2) is 0 Å². The molecule has 154 valence electrons. The van der Waals surface area contributed by atoms with E-state index in [-0.39, 0.29) is 17.9 Å². The maximum atomic E-state index is 12.4. The highest BCUT2D eigenvalue weighted by Gasteiger charge is 2.25. The average molecular weight is 402 g/mol. The molecular formula is C24H26N4O2. The Morgan fingerprint density at radius 2 is 2.00 bits per heavy atom. The molecule has 1 saturated heterocycles. The molecular weight excluding hydrogens is 376 g/mol. The van der Waals surface area contributed by atoms with Crippen LogP contribution >= 0.6 is 0 Å². The van der Waals surface area contributed by atoms with Crippen molar-refractivity contribution < 1.29 is 9.59 Å². The van der Waals surface area contributed by atoms with Gasteiger partial charge >= 0.3 is 0 Å². The number of hydrogen-bond acceptors (Lipinski definition) is 4. The minimum absolute atomic E-state index is 0.0694. The van der Waals surface area contributed by atoms with Gasteiger partial charge in [-0.3, -0.25) is 9.59 Å². The summed E-state index contributed by atoms with van der Waals surface area (Å²) in [6, 6.07) is 15.4. The topological polar surface area (TPSA) is 85.2 Å². The first kappa shape index (κ1) is 20.1. The van der Waals surface area contributed by atoms with Crippen molar-refractivity contribution in [3.63, 3.8) is 0 Å². The van der Waals surface area contributed by atoms with Crippen LogP contribution in [0.4, 0.5) is 0 Å². The van der Waals surface area contributed by atoms with Crippen molar-refractivity contribution in [3.05, 3.63) is 59.2 Å².